The summed E-state index contributed by atoms with van der Waals surface area (Å²) < 4.78 is 24.5. The molecule has 1 aromatic carbocycles. The average molecular weight is 475 g/mol. The van der Waals surface area contributed by atoms with Crippen LogP contribution in [0.3, 0.4) is 0 Å². The number of thiophene rings is 1. The molecule has 1 N–H and O–H groups in total. The van der Waals surface area contributed by atoms with Crippen molar-refractivity contribution in [2.24, 2.45) is 5.92 Å². The molecule has 0 spiro atoms. The first-order chi connectivity index (χ1) is 15.8. The summed E-state index contributed by atoms with van der Waals surface area (Å²) in [6.45, 7) is 3.18. The standard InChI is InChI=1S/C22H23FN4O5S/c1-13(2)11-16(21(29)31-3)24-18(28)12-32-22(30)19-25-20(17-5-4-10-33-17)27(26-19)15-8-6-14(23)7-9-15/h4-10,13,16H,11-12H2,1-3H3,(H,24,28). The molecule has 11 heteroatoms. The minimum atomic E-state index is -0.915. The molecule has 174 valence electrons. The number of rotatable bonds is 9. The van der Waals surface area contributed by atoms with Gasteiger partial charge in [-0.2, -0.15) is 4.98 Å². The van der Waals surface area contributed by atoms with Crippen molar-refractivity contribution in [3.8, 4) is 16.4 Å². The number of nitrogens with one attached hydrogen (secondary N) is 1. The van der Waals surface area contributed by atoms with Crippen molar-refractivity contribution >= 4 is 29.2 Å². The van der Waals surface area contributed by atoms with E-state index >= 15 is 0 Å². The summed E-state index contributed by atoms with van der Waals surface area (Å²) in [5.41, 5.74) is 0.499. The number of ether oxygens (including phenoxy) is 2. The third-order valence-electron chi connectivity index (χ3n) is 4.46. The van der Waals surface area contributed by atoms with E-state index in [0.29, 0.717) is 17.9 Å². The molecule has 0 fully saturated rings. The van der Waals surface area contributed by atoms with Gasteiger partial charge >= 0.3 is 11.9 Å². The second-order valence-electron chi connectivity index (χ2n) is 7.47. The Hall–Kier alpha value is -3.60. The van der Waals surface area contributed by atoms with E-state index < -0.39 is 36.3 Å². The lowest BCUT2D eigenvalue weighted by Gasteiger charge is -2.18. The van der Waals surface area contributed by atoms with Crippen LogP contribution in [-0.2, 0) is 19.1 Å². The maximum atomic E-state index is 13.3. The van der Waals surface area contributed by atoms with E-state index in [2.05, 4.69) is 15.4 Å². The molecule has 0 aliphatic rings. The van der Waals surface area contributed by atoms with Gasteiger partial charge in [0.1, 0.15) is 11.9 Å². The van der Waals surface area contributed by atoms with Crippen LogP contribution in [0.5, 0.6) is 0 Å². The van der Waals surface area contributed by atoms with Gasteiger partial charge in [-0.3, -0.25) is 4.79 Å². The smallest absolute Gasteiger partial charge is 0.378 e. The van der Waals surface area contributed by atoms with E-state index in [1.807, 2.05) is 25.3 Å². The lowest BCUT2D eigenvalue weighted by atomic mass is 10.0. The van der Waals surface area contributed by atoms with Crippen LogP contribution in [0.25, 0.3) is 16.4 Å². The fraction of sp³-hybridized carbons (Fsp3) is 0.318. The zero-order chi connectivity index (χ0) is 24.0. The highest BCUT2D eigenvalue weighted by Gasteiger charge is 2.25. The SMILES string of the molecule is COC(=O)C(CC(C)C)NC(=O)COC(=O)c1nc(-c2cccs2)n(-c2ccc(F)cc2)n1. The van der Waals surface area contributed by atoms with E-state index in [1.54, 1.807) is 6.07 Å². The third-order valence-corrected chi connectivity index (χ3v) is 5.33. The molecule has 0 saturated carbocycles. The van der Waals surface area contributed by atoms with E-state index in [0.717, 1.165) is 4.88 Å². The van der Waals surface area contributed by atoms with Crippen LogP contribution in [0.15, 0.2) is 41.8 Å². The number of esters is 2. The quantitative estimate of drug-likeness (QED) is 0.475. The van der Waals surface area contributed by atoms with Crippen molar-refractivity contribution in [3.05, 3.63) is 53.4 Å². The Kier molecular flexibility index (Phi) is 7.88. The lowest BCUT2D eigenvalue weighted by Crippen LogP contribution is -2.44. The van der Waals surface area contributed by atoms with Gasteiger partial charge in [0.25, 0.3) is 11.7 Å². The predicted molar refractivity (Wildman–Crippen MR) is 118 cm³/mol. The Morgan fingerprint density at radius 3 is 2.52 bits per heavy atom. The van der Waals surface area contributed by atoms with Crippen molar-refractivity contribution < 1.29 is 28.2 Å². The number of hydrogen-bond acceptors (Lipinski definition) is 8. The largest absolute Gasteiger partial charge is 0.467 e. The Labute approximate surface area is 193 Å². The fourth-order valence-corrected chi connectivity index (χ4v) is 3.68. The van der Waals surface area contributed by atoms with Crippen LogP contribution in [0.4, 0.5) is 4.39 Å². The first-order valence-electron chi connectivity index (χ1n) is 10.1. The fourth-order valence-electron chi connectivity index (χ4n) is 2.99. The zero-order valence-electron chi connectivity index (χ0n) is 18.3. The summed E-state index contributed by atoms with van der Waals surface area (Å²) >= 11 is 1.39. The molecule has 1 atom stereocenters. The summed E-state index contributed by atoms with van der Waals surface area (Å²) in [7, 11) is 1.23. The second kappa shape index (κ2) is 10.8. The van der Waals surface area contributed by atoms with Gasteiger partial charge in [-0.05, 0) is 48.1 Å². The molecule has 1 amide bonds. The van der Waals surface area contributed by atoms with Gasteiger partial charge in [-0.25, -0.2) is 18.7 Å². The van der Waals surface area contributed by atoms with Crippen molar-refractivity contribution in [2.75, 3.05) is 13.7 Å². The molecule has 2 aromatic heterocycles. The monoisotopic (exact) mass is 474 g/mol. The molecule has 0 aliphatic heterocycles. The number of carbonyl (C=O) groups is 3. The second-order valence-corrected chi connectivity index (χ2v) is 8.42. The molecular weight excluding hydrogens is 451 g/mol. The predicted octanol–water partition coefficient (Wildman–Crippen LogP) is 3.00. The summed E-state index contributed by atoms with van der Waals surface area (Å²) in [4.78, 5) is 41.6. The van der Waals surface area contributed by atoms with Crippen molar-refractivity contribution in [1.82, 2.24) is 20.1 Å². The molecule has 2 heterocycles. The average Bonchev–Trinajstić information content (AvgIpc) is 3.46. The molecule has 0 bridgehead atoms. The van der Waals surface area contributed by atoms with Gasteiger partial charge in [-0.15, -0.1) is 16.4 Å². The highest BCUT2D eigenvalue weighted by molar-refractivity contribution is 7.13. The summed E-state index contributed by atoms with van der Waals surface area (Å²) in [5, 5.41) is 8.54. The first kappa shape index (κ1) is 24.1. The Morgan fingerprint density at radius 2 is 1.91 bits per heavy atom. The number of halogens is 1. The first-order valence-corrected chi connectivity index (χ1v) is 11.0. The minimum absolute atomic E-state index is 0.132. The Morgan fingerprint density at radius 1 is 1.18 bits per heavy atom. The number of hydrogen-bond donors (Lipinski definition) is 1. The molecule has 0 saturated heterocycles. The van der Waals surface area contributed by atoms with E-state index in [4.69, 9.17) is 9.47 Å². The van der Waals surface area contributed by atoms with Gasteiger partial charge in [0.05, 0.1) is 17.7 Å². The van der Waals surface area contributed by atoms with Crippen LogP contribution in [0.2, 0.25) is 0 Å². The van der Waals surface area contributed by atoms with Gasteiger partial charge in [0.15, 0.2) is 12.4 Å². The number of nitrogens with zero attached hydrogens (tertiary/aromatic N) is 3. The van der Waals surface area contributed by atoms with E-state index in [-0.39, 0.29) is 11.7 Å². The van der Waals surface area contributed by atoms with Crippen LogP contribution >= 0.6 is 11.3 Å². The van der Waals surface area contributed by atoms with Crippen molar-refractivity contribution in [2.45, 2.75) is 26.3 Å². The van der Waals surface area contributed by atoms with Crippen LogP contribution in [0, 0.1) is 11.7 Å². The molecule has 0 aliphatic carbocycles. The Balaban J connectivity index is 1.73. The van der Waals surface area contributed by atoms with Crippen LogP contribution in [-0.4, -0.2) is 52.4 Å². The van der Waals surface area contributed by atoms with E-state index in [1.165, 1.54) is 47.4 Å². The van der Waals surface area contributed by atoms with Crippen molar-refractivity contribution in [1.29, 1.82) is 0 Å². The summed E-state index contributed by atoms with van der Waals surface area (Å²) in [6, 6.07) is 8.33. The number of aromatic nitrogens is 3. The summed E-state index contributed by atoms with van der Waals surface area (Å²) in [5.74, 6) is -2.32. The molecule has 1 unspecified atom stereocenters. The summed E-state index contributed by atoms with van der Waals surface area (Å²) in [6.07, 6.45) is 0.375. The number of benzene rings is 1. The number of methoxy groups -OCH3 is 1. The maximum Gasteiger partial charge on any atom is 0.378 e. The number of carbonyl (C=O) groups excluding carboxylic acids is 3. The maximum absolute atomic E-state index is 13.3. The number of amides is 1. The minimum Gasteiger partial charge on any atom is -0.467 e. The molecule has 3 aromatic rings. The van der Waals surface area contributed by atoms with Gasteiger partial charge in [0.2, 0.25) is 0 Å². The zero-order valence-corrected chi connectivity index (χ0v) is 19.1. The molecule has 33 heavy (non-hydrogen) atoms. The highest BCUT2D eigenvalue weighted by Crippen LogP contribution is 2.25. The molecule has 0 radical (unpaired) electrons. The topological polar surface area (TPSA) is 112 Å². The third kappa shape index (κ3) is 6.22. The van der Waals surface area contributed by atoms with Crippen molar-refractivity contribution in [3.63, 3.8) is 0 Å². The molecule has 3 rings (SSSR count). The van der Waals surface area contributed by atoms with Gasteiger partial charge < -0.3 is 14.8 Å². The van der Waals surface area contributed by atoms with Crippen LogP contribution in [0.1, 0.15) is 30.9 Å². The molecule has 9 nitrogen and oxygen atoms in total. The highest BCUT2D eigenvalue weighted by atomic mass is 32.1. The lowest BCUT2D eigenvalue weighted by molar-refractivity contribution is -0.145. The van der Waals surface area contributed by atoms with Crippen LogP contribution < -0.4 is 5.32 Å². The van der Waals surface area contributed by atoms with E-state index in [9.17, 15) is 18.8 Å². The normalized spacial score (nSPS) is 11.8. The molecular formula is C22H23FN4O5S. The van der Waals surface area contributed by atoms with Gasteiger partial charge in [-0.1, -0.05) is 19.9 Å². The Bertz CT molecular complexity index is 1110. The van der Waals surface area contributed by atoms with Gasteiger partial charge in [0, 0.05) is 0 Å².